The minimum atomic E-state index is -0.682. The van der Waals surface area contributed by atoms with Gasteiger partial charge in [0.1, 0.15) is 6.42 Å². The number of carbonyl (C=O) groups excluding carboxylic acids is 2. The van der Waals surface area contributed by atoms with Crippen LogP contribution in [0.2, 0.25) is 0 Å². The molecular formula is C6H9O4Y2-. The molecule has 6 heteroatoms. The molecule has 12 heavy (non-hydrogen) atoms. The molecule has 0 saturated heterocycles. The molecule has 0 N–H and O–H groups in total. The summed E-state index contributed by atoms with van der Waals surface area (Å²) in [5, 5.41) is 0. The maximum atomic E-state index is 10.5. The van der Waals surface area contributed by atoms with E-state index in [0.29, 0.717) is 0 Å². The van der Waals surface area contributed by atoms with Gasteiger partial charge in [-0.05, 0) is 6.92 Å². The molecule has 0 aromatic carbocycles. The maximum absolute atomic E-state index is 10.5. The van der Waals surface area contributed by atoms with Crippen molar-refractivity contribution in [2.75, 3.05) is 6.61 Å². The van der Waals surface area contributed by atoms with Gasteiger partial charge in [0.15, 0.2) is 0 Å². The zero-order valence-electron chi connectivity index (χ0n) is 6.91. The van der Waals surface area contributed by atoms with Crippen LogP contribution in [-0.4, -0.2) is 18.5 Å². The first-order chi connectivity index (χ1) is 4.70. The molecule has 0 atom stereocenters. The zero-order valence-corrected chi connectivity index (χ0v) is 12.6. The van der Waals surface area contributed by atoms with E-state index in [2.05, 4.69) is 16.6 Å². The number of esters is 2. The van der Waals surface area contributed by atoms with Crippen molar-refractivity contribution in [3.05, 3.63) is 7.11 Å². The number of hydrogen-bond donors (Lipinski definition) is 0. The normalized spacial score (nSPS) is 7.17. The van der Waals surface area contributed by atoms with E-state index in [1.165, 1.54) is 0 Å². The molecule has 0 bridgehead atoms. The van der Waals surface area contributed by atoms with Crippen LogP contribution in [0.1, 0.15) is 13.3 Å². The van der Waals surface area contributed by atoms with Crippen LogP contribution in [0.3, 0.4) is 0 Å². The van der Waals surface area contributed by atoms with Gasteiger partial charge >= 0.3 is 5.97 Å². The number of rotatable bonds is 3. The van der Waals surface area contributed by atoms with Crippen molar-refractivity contribution in [1.29, 1.82) is 0 Å². The smallest absolute Gasteiger partial charge is 0.317 e. The van der Waals surface area contributed by atoms with Crippen molar-refractivity contribution >= 4 is 11.9 Å². The summed E-state index contributed by atoms with van der Waals surface area (Å²) in [5.41, 5.74) is 0. The molecular weight excluding hydrogens is 314 g/mol. The summed E-state index contributed by atoms with van der Waals surface area (Å²) in [6, 6.07) is 0. The van der Waals surface area contributed by atoms with Crippen molar-refractivity contribution in [2.24, 2.45) is 0 Å². The molecule has 0 unspecified atom stereocenters. The fourth-order valence-corrected chi connectivity index (χ4v) is 0.381. The predicted molar refractivity (Wildman–Crippen MR) is 32.7 cm³/mol. The van der Waals surface area contributed by atoms with E-state index in [-0.39, 0.29) is 78.4 Å². The van der Waals surface area contributed by atoms with E-state index >= 15 is 0 Å². The monoisotopic (exact) mass is 323 g/mol. The largest absolute Gasteiger partial charge is 0.640 e. The van der Waals surface area contributed by atoms with Crippen LogP contribution in [0.25, 0.3) is 0 Å². The van der Waals surface area contributed by atoms with Gasteiger partial charge in [0.2, 0.25) is 0 Å². The van der Waals surface area contributed by atoms with Crippen LogP contribution < -0.4 is 0 Å². The summed E-state index contributed by atoms with van der Waals surface area (Å²) in [5.74, 6) is -1.27. The second-order valence-electron chi connectivity index (χ2n) is 1.50. The number of ether oxygens (including phenoxy) is 2. The van der Waals surface area contributed by atoms with Gasteiger partial charge in [0.25, 0.3) is 5.97 Å². The van der Waals surface area contributed by atoms with Gasteiger partial charge in [-0.1, -0.05) is 0 Å². The van der Waals surface area contributed by atoms with E-state index < -0.39 is 11.9 Å². The molecule has 0 spiro atoms. The second-order valence-corrected chi connectivity index (χ2v) is 1.50. The van der Waals surface area contributed by atoms with Gasteiger partial charge in [0, 0.05) is 65.4 Å². The fraction of sp³-hybridized carbons (Fsp3) is 0.500. The van der Waals surface area contributed by atoms with Gasteiger partial charge < -0.3 is 9.47 Å². The minimum Gasteiger partial charge on any atom is -0.640 e. The molecule has 0 aliphatic rings. The average molecular weight is 323 g/mol. The van der Waals surface area contributed by atoms with Crippen molar-refractivity contribution in [2.45, 2.75) is 13.3 Å². The molecule has 64 valence electrons. The molecule has 2 radical (unpaired) electrons. The first kappa shape index (κ1) is 18.8. The van der Waals surface area contributed by atoms with Crippen molar-refractivity contribution in [1.82, 2.24) is 0 Å². The van der Waals surface area contributed by atoms with E-state index in [0.717, 1.165) is 0 Å². The Morgan fingerprint density at radius 3 is 2.08 bits per heavy atom. The Hall–Kier alpha value is 1.15. The standard InChI is InChI=1S/C6H9O4.2Y/c1-3-10-6(8)4-5(7)9-2;;/h2-4H2,1H3;;/q-1;;. The van der Waals surface area contributed by atoms with Crippen LogP contribution >= 0.6 is 0 Å². The summed E-state index contributed by atoms with van der Waals surface area (Å²) < 4.78 is 8.42. The zero-order chi connectivity index (χ0) is 7.98. The Labute approximate surface area is 122 Å². The first-order valence-corrected chi connectivity index (χ1v) is 2.81. The summed E-state index contributed by atoms with van der Waals surface area (Å²) in [7, 11) is 2.84. The Kier molecular flexibility index (Phi) is 19.1. The van der Waals surface area contributed by atoms with E-state index in [4.69, 9.17) is 0 Å². The first-order valence-electron chi connectivity index (χ1n) is 2.81. The van der Waals surface area contributed by atoms with Gasteiger partial charge in [-0.3, -0.25) is 9.59 Å². The third kappa shape index (κ3) is 11.1. The fourth-order valence-electron chi connectivity index (χ4n) is 0.381. The molecule has 0 saturated carbocycles. The van der Waals surface area contributed by atoms with Crippen LogP contribution in [0.5, 0.6) is 0 Å². The van der Waals surface area contributed by atoms with E-state index in [1.54, 1.807) is 6.92 Å². The molecule has 0 aromatic heterocycles. The average Bonchev–Trinajstić information content (AvgIpc) is 1.88. The Balaban J connectivity index is -0.000000405. The van der Waals surface area contributed by atoms with E-state index in [9.17, 15) is 9.59 Å². The Bertz CT molecular complexity index is 138. The molecule has 0 aliphatic carbocycles. The topological polar surface area (TPSA) is 52.6 Å². The molecule has 4 nitrogen and oxygen atoms in total. The van der Waals surface area contributed by atoms with Crippen LogP contribution in [0.4, 0.5) is 0 Å². The molecule has 0 rings (SSSR count). The van der Waals surface area contributed by atoms with Crippen LogP contribution in [0.15, 0.2) is 0 Å². The quantitative estimate of drug-likeness (QED) is 0.425. The van der Waals surface area contributed by atoms with Crippen molar-refractivity contribution < 1.29 is 84.5 Å². The van der Waals surface area contributed by atoms with Crippen molar-refractivity contribution in [3.63, 3.8) is 0 Å². The Morgan fingerprint density at radius 1 is 1.25 bits per heavy atom. The molecule has 0 amide bonds. The molecule has 0 fully saturated rings. The molecule has 0 aromatic rings. The van der Waals surface area contributed by atoms with Gasteiger partial charge in [-0.15, -0.1) is 0 Å². The van der Waals surface area contributed by atoms with Gasteiger partial charge in [-0.2, -0.15) is 7.11 Å². The van der Waals surface area contributed by atoms with Gasteiger partial charge in [-0.25, -0.2) is 0 Å². The number of hydrogen-bond acceptors (Lipinski definition) is 4. The van der Waals surface area contributed by atoms with Crippen LogP contribution in [-0.2, 0) is 84.5 Å². The minimum absolute atomic E-state index is 0. The number of carbonyl (C=O) groups is 2. The second kappa shape index (κ2) is 12.1. The third-order valence-electron chi connectivity index (χ3n) is 0.755. The molecule has 0 aliphatic heterocycles. The Morgan fingerprint density at radius 2 is 1.75 bits per heavy atom. The van der Waals surface area contributed by atoms with Crippen LogP contribution in [0, 0.1) is 7.11 Å². The predicted octanol–water partition coefficient (Wildman–Crippen LogP) is 0.269. The van der Waals surface area contributed by atoms with Crippen molar-refractivity contribution in [3.8, 4) is 0 Å². The van der Waals surface area contributed by atoms with Gasteiger partial charge in [0.05, 0.1) is 6.61 Å². The summed E-state index contributed by atoms with van der Waals surface area (Å²) in [6.07, 6.45) is -0.364. The SMILES string of the molecule is [CH2-]OC(=O)CC(=O)OCC.[Y].[Y]. The summed E-state index contributed by atoms with van der Waals surface area (Å²) in [4.78, 5) is 20.8. The summed E-state index contributed by atoms with van der Waals surface area (Å²) in [6.45, 7) is 1.93. The van der Waals surface area contributed by atoms with E-state index in [1.807, 2.05) is 0 Å². The molecule has 0 heterocycles. The maximum Gasteiger partial charge on any atom is 0.317 e. The third-order valence-corrected chi connectivity index (χ3v) is 0.755. The summed E-state index contributed by atoms with van der Waals surface area (Å²) >= 11 is 0.